The molecule has 0 aliphatic carbocycles. The standard InChI is InChI=1S/C15H15NO5/c1-2-8-20-15-10-13(6-7-14(15)16(18)19)21-12-5-3-4-11(17)9-12/h3-7,9-10,17H,2,8H2,1H3. The van der Waals surface area contributed by atoms with E-state index in [1.165, 1.54) is 30.3 Å². The van der Waals surface area contributed by atoms with Crippen LogP contribution in [0.2, 0.25) is 0 Å². The minimum absolute atomic E-state index is 0.0804. The van der Waals surface area contributed by atoms with Crippen molar-refractivity contribution in [2.45, 2.75) is 13.3 Å². The number of rotatable bonds is 6. The molecule has 0 aromatic heterocycles. The monoisotopic (exact) mass is 289 g/mol. The Morgan fingerprint density at radius 2 is 1.95 bits per heavy atom. The van der Waals surface area contributed by atoms with Crippen molar-refractivity contribution in [1.29, 1.82) is 0 Å². The number of phenolic OH excluding ortho intramolecular Hbond substituents is 1. The number of benzene rings is 2. The van der Waals surface area contributed by atoms with Crippen molar-refractivity contribution >= 4 is 5.69 Å². The van der Waals surface area contributed by atoms with Crippen molar-refractivity contribution < 1.29 is 19.5 Å². The maximum absolute atomic E-state index is 11.0. The molecule has 0 saturated heterocycles. The van der Waals surface area contributed by atoms with Gasteiger partial charge in [-0.2, -0.15) is 0 Å². The van der Waals surface area contributed by atoms with Gasteiger partial charge in [0.1, 0.15) is 17.2 Å². The van der Waals surface area contributed by atoms with E-state index in [0.29, 0.717) is 18.1 Å². The van der Waals surface area contributed by atoms with Gasteiger partial charge >= 0.3 is 5.69 Å². The molecular formula is C15H15NO5. The van der Waals surface area contributed by atoms with Crippen molar-refractivity contribution in [2.24, 2.45) is 0 Å². The molecule has 21 heavy (non-hydrogen) atoms. The molecule has 0 atom stereocenters. The molecule has 6 nitrogen and oxygen atoms in total. The van der Waals surface area contributed by atoms with Crippen molar-refractivity contribution in [3.8, 4) is 23.0 Å². The summed E-state index contributed by atoms with van der Waals surface area (Å²) in [7, 11) is 0. The van der Waals surface area contributed by atoms with Crippen LogP contribution in [0.25, 0.3) is 0 Å². The molecule has 0 aliphatic heterocycles. The van der Waals surface area contributed by atoms with Crippen LogP contribution >= 0.6 is 0 Å². The first kappa shape index (κ1) is 14.6. The van der Waals surface area contributed by atoms with Crippen LogP contribution in [0.4, 0.5) is 5.69 Å². The third kappa shape index (κ3) is 3.85. The van der Waals surface area contributed by atoms with E-state index in [4.69, 9.17) is 9.47 Å². The highest BCUT2D eigenvalue weighted by Crippen LogP contribution is 2.33. The predicted octanol–water partition coefficient (Wildman–Crippen LogP) is 3.88. The number of hydrogen-bond donors (Lipinski definition) is 1. The zero-order valence-corrected chi connectivity index (χ0v) is 11.5. The highest BCUT2D eigenvalue weighted by atomic mass is 16.6. The van der Waals surface area contributed by atoms with Gasteiger partial charge in [-0.1, -0.05) is 13.0 Å². The Morgan fingerprint density at radius 1 is 1.19 bits per heavy atom. The number of hydrogen-bond acceptors (Lipinski definition) is 5. The normalized spacial score (nSPS) is 10.1. The molecule has 2 aromatic rings. The Bertz CT molecular complexity index is 642. The Hall–Kier alpha value is -2.76. The summed E-state index contributed by atoms with van der Waals surface area (Å²) < 4.78 is 10.9. The van der Waals surface area contributed by atoms with E-state index < -0.39 is 4.92 Å². The Labute approximate surface area is 121 Å². The maximum atomic E-state index is 11.0. The van der Waals surface area contributed by atoms with Crippen LogP contribution in [0.15, 0.2) is 42.5 Å². The number of nitrogens with zero attached hydrogens (tertiary/aromatic N) is 1. The van der Waals surface area contributed by atoms with Gasteiger partial charge in [-0.15, -0.1) is 0 Å². The summed E-state index contributed by atoms with van der Waals surface area (Å²) in [6.45, 7) is 2.30. The van der Waals surface area contributed by atoms with Gasteiger partial charge in [0.2, 0.25) is 5.75 Å². The minimum Gasteiger partial charge on any atom is -0.508 e. The Kier molecular flexibility index (Phi) is 4.61. The van der Waals surface area contributed by atoms with E-state index in [0.717, 1.165) is 6.42 Å². The summed E-state index contributed by atoms with van der Waals surface area (Å²) in [6.07, 6.45) is 0.745. The van der Waals surface area contributed by atoms with Crippen molar-refractivity contribution in [2.75, 3.05) is 6.61 Å². The molecule has 0 unspecified atom stereocenters. The van der Waals surface area contributed by atoms with Gasteiger partial charge in [-0.3, -0.25) is 10.1 Å². The van der Waals surface area contributed by atoms with E-state index in [1.54, 1.807) is 12.1 Å². The molecule has 0 amide bonds. The van der Waals surface area contributed by atoms with Gasteiger partial charge in [-0.25, -0.2) is 0 Å². The lowest BCUT2D eigenvalue weighted by Crippen LogP contribution is -1.99. The van der Waals surface area contributed by atoms with E-state index in [2.05, 4.69) is 0 Å². The van der Waals surface area contributed by atoms with Crippen LogP contribution in [0.1, 0.15) is 13.3 Å². The number of nitro groups is 1. The van der Waals surface area contributed by atoms with Gasteiger partial charge in [0.25, 0.3) is 0 Å². The van der Waals surface area contributed by atoms with Gasteiger partial charge in [0.15, 0.2) is 0 Å². The molecular weight excluding hydrogens is 274 g/mol. The zero-order chi connectivity index (χ0) is 15.2. The van der Waals surface area contributed by atoms with Gasteiger partial charge in [0.05, 0.1) is 11.5 Å². The van der Waals surface area contributed by atoms with Gasteiger partial charge in [-0.05, 0) is 24.6 Å². The van der Waals surface area contributed by atoms with Crippen molar-refractivity contribution in [1.82, 2.24) is 0 Å². The van der Waals surface area contributed by atoms with E-state index in [-0.39, 0.29) is 17.2 Å². The van der Waals surface area contributed by atoms with E-state index >= 15 is 0 Å². The van der Waals surface area contributed by atoms with E-state index in [1.807, 2.05) is 6.92 Å². The number of ether oxygens (including phenoxy) is 2. The molecule has 0 heterocycles. The molecule has 110 valence electrons. The second kappa shape index (κ2) is 6.60. The third-order valence-corrected chi connectivity index (χ3v) is 2.64. The van der Waals surface area contributed by atoms with Crippen LogP contribution in [-0.4, -0.2) is 16.6 Å². The first-order chi connectivity index (χ1) is 10.1. The number of nitro benzene ring substituents is 1. The maximum Gasteiger partial charge on any atom is 0.311 e. The Balaban J connectivity index is 2.26. The first-order valence-corrected chi connectivity index (χ1v) is 6.48. The SMILES string of the molecule is CCCOc1cc(Oc2cccc(O)c2)ccc1[N+](=O)[O-]. The van der Waals surface area contributed by atoms with Gasteiger partial charge < -0.3 is 14.6 Å². The van der Waals surface area contributed by atoms with Gasteiger partial charge in [0, 0.05) is 18.2 Å². The predicted molar refractivity (Wildman–Crippen MR) is 77.1 cm³/mol. The molecule has 0 bridgehead atoms. The van der Waals surface area contributed by atoms with Crippen LogP contribution in [0.3, 0.4) is 0 Å². The second-order valence-corrected chi connectivity index (χ2v) is 4.33. The largest absolute Gasteiger partial charge is 0.508 e. The molecule has 2 rings (SSSR count). The minimum atomic E-state index is -0.497. The molecule has 2 aromatic carbocycles. The zero-order valence-electron chi connectivity index (χ0n) is 11.5. The third-order valence-electron chi connectivity index (χ3n) is 2.64. The van der Waals surface area contributed by atoms with Crippen LogP contribution in [-0.2, 0) is 0 Å². The molecule has 1 N–H and O–H groups in total. The average Bonchev–Trinajstić information content (AvgIpc) is 2.45. The molecule has 0 aliphatic rings. The quantitative estimate of drug-likeness (QED) is 0.644. The summed E-state index contributed by atoms with van der Waals surface area (Å²) >= 11 is 0. The lowest BCUT2D eigenvalue weighted by molar-refractivity contribution is -0.385. The van der Waals surface area contributed by atoms with Crippen molar-refractivity contribution in [3.05, 3.63) is 52.6 Å². The second-order valence-electron chi connectivity index (χ2n) is 4.33. The lowest BCUT2D eigenvalue weighted by Gasteiger charge is -2.09. The fraction of sp³-hybridized carbons (Fsp3) is 0.200. The smallest absolute Gasteiger partial charge is 0.311 e. The topological polar surface area (TPSA) is 81.8 Å². The average molecular weight is 289 g/mol. The summed E-state index contributed by atoms with van der Waals surface area (Å²) in [5.74, 6) is 1.08. The highest BCUT2D eigenvalue weighted by Gasteiger charge is 2.16. The summed E-state index contributed by atoms with van der Waals surface area (Å²) in [4.78, 5) is 10.5. The highest BCUT2D eigenvalue weighted by molar-refractivity contribution is 5.51. The van der Waals surface area contributed by atoms with Crippen molar-refractivity contribution in [3.63, 3.8) is 0 Å². The molecule has 0 fully saturated rings. The molecule has 0 saturated carbocycles. The molecule has 0 spiro atoms. The summed E-state index contributed by atoms with van der Waals surface area (Å²) in [5, 5.41) is 20.3. The lowest BCUT2D eigenvalue weighted by atomic mass is 10.2. The van der Waals surface area contributed by atoms with E-state index in [9.17, 15) is 15.2 Å². The first-order valence-electron chi connectivity index (χ1n) is 6.48. The number of phenols is 1. The molecule has 6 heteroatoms. The van der Waals surface area contributed by atoms with Crippen LogP contribution < -0.4 is 9.47 Å². The molecule has 0 radical (unpaired) electrons. The Morgan fingerprint density at radius 3 is 2.62 bits per heavy atom. The number of aromatic hydroxyl groups is 1. The fourth-order valence-corrected chi connectivity index (χ4v) is 1.72. The summed E-state index contributed by atoms with van der Waals surface area (Å²) in [6, 6.07) is 10.6. The summed E-state index contributed by atoms with van der Waals surface area (Å²) in [5.41, 5.74) is -0.105. The van der Waals surface area contributed by atoms with Crippen LogP contribution in [0.5, 0.6) is 23.0 Å². The van der Waals surface area contributed by atoms with Crippen LogP contribution in [0, 0.1) is 10.1 Å². The fourth-order valence-electron chi connectivity index (χ4n) is 1.72.